The molecule has 0 saturated heterocycles. The maximum absolute atomic E-state index is 12.6. The Morgan fingerprint density at radius 3 is 2.72 bits per heavy atom. The zero-order chi connectivity index (χ0) is 17.8. The van der Waals surface area contributed by atoms with Crippen molar-refractivity contribution in [2.75, 3.05) is 0 Å². The standard InChI is InChI=1S/C20H22N2O3/c1-2-3-4-5-6-9-13-15(12-21)19(22)25-18-14-10-7-8-11-16(14)24-20(23)17(13)18/h7-8,10-11,13H,2-6,9,22H2,1H3/t13-/m0/s1. The predicted molar refractivity (Wildman–Crippen MR) is 96.1 cm³/mol. The molecule has 2 N–H and O–H groups in total. The smallest absolute Gasteiger partial charge is 0.343 e. The van der Waals surface area contributed by atoms with Crippen molar-refractivity contribution >= 4 is 11.0 Å². The van der Waals surface area contributed by atoms with E-state index in [1.807, 2.05) is 12.1 Å². The van der Waals surface area contributed by atoms with E-state index in [4.69, 9.17) is 14.9 Å². The van der Waals surface area contributed by atoms with E-state index in [0.717, 1.165) is 19.3 Å². The van der Waals surface area contributed by atoms with Crippen molar-refractivity contribution in [2.24, 2.45) is 5.73 Å². The summed E-state index contributed by atoms with van der Waals surface area (Å²) in [6, 6.07) is 9.33. The molecule has 0 fully saturated rings. The molecule has 0 saturated carbocycles. The van der Waals surface area contributed by atoms with Crippen LogP contribution in [0.3, 0.4) is 0 Å². The number of nitrogens with zero attached hydrogens (tertiary/aromatic N) is 1. The van der Waals surface area contributed by atoms with Crippen LogP contribution in [0.4, 0.5) is 0 Å². The molecule has 2 heterocycles. The van der Waals surface area contributed by atoms with Gasteiger partial charge in [-0.2, -0.15) is 5.26 Å². The molecule has 0 amide bonds. The van der Waals surface area contributed by atoms with E-state index in [0.29, 0.717) is 34.3 Å². The summed E-state index contributed by atoms with van der Waals surface area (Å²) >= 11 is 0. The molecule has 25 heavy (non-hydrogen) atoms. The second kappa shape index (κ2) is 7.43. The Bertz CT molecular complexity index is 905. The lowest BCUT2D eigenvalue weighted by molar-refractivity contribution is 0.376. The van der Waals surface area contributed by atoms with Crippen LogP contribution in [0.25, 0.3) is 11.0 Å². The Kier molecular flexibility index (Phi) is 5.08. The van der Waals surface area contributed by atoms with E-state index in [9.17, 15) is 10.1 Å². The zero-order valence-electron chi connectivity index (χ0n) is 14.4. The Morgan fingerprint density at radius 2 is 1.96 bits per heavy atom. The van der Waals surface area contributed by atoms with Crippen molar-refractivity contribution in [1.29, 1.82) is 5.26 Å². The number of para-hydroxylation sites is 1. The zero-order valence-corrected chi connectivity index (χ0v) is 14.4. The Balaban J connectivity index is 2.01. The number of unbranched alkanes of at least 4 members (excludes halogenated alkanes) is 4. The van der Waals surface area contributed by atoms with Gasteiger partial charge in [0.2, 0.25) is 5.88 Å². The lowest BCUT2D eigenvalue weighted by atomic mass is 9.85. The Labute approximate surface area is 146 Å². The molecule has 1 aliphatic heterocycles. The van der Waals surface area contributed by atoms with Crippen molar-refractivity contribution in [1.82, 2.24) is 0 Å². The van der Waals surface area contributed by atoms with E-state index in [1.54, 1.807) is 12.1 Å². The first-order chi connectivity index (χ1) is 12.2. The number of ether oxygens (including phenoxy) is 1. The van der Waals surface area contributed by atoms with Gasteiger partial charge in [0, 0.05) is 5.92 Å². The third kappa shape index (κ3) is 3.25. The molecular formula is C20H22N2O3. The van der Waals surface area contributed by atoms with Crippen LogP contribution in [0, 0.1) is 11.3 Å². The Morgan fingerprint density at radius 1 is 1.20 bits per heavy atom. The lowest BCUT2D eigenvalue weighted by Crippen LogP contribution is -2.25. The van der Waals surface area contributed by atoms with Crippen molar-refractivity contribution in [3.05, 3.63) is 51.7 Å². The van der Waals surface area contributed by atoms with Gasteiger partial charge in [0.05, 0.1) is 16.5 Å². The molecule has 3 rings (SSSR count). The maximum Gasteiger partial charge on any atom is 0.343 e. The minimum atomic E-state index is -0.451. The van der Waals surface area contributed by atoms with Crippen molar-refractivity contribution < 1.29 is 9.15 Å². The normalized spacial score (nSPS) is 16.4. The second-order valence-corrected chi connectivity index (χ2v) is 6.38. The first-order valence-electron chi connectivity index (χ1n) is 8.80. The number of nitrogens with two attached hydrogens (primary N) is 1. The maximum atomic E-state index is 12.6. The highest BCUT2D eigenvalue weighted by atomic mass is 16.5. The molecule has 5 nitrogen and oxygen atoms in total. The minimum Gasteiger partial charge on any atom is -0.439 e. The van der Waals surface area contributed by atoms with E-state index in [-0.39, 0.29) is 11.8 Å². The summed E-state index contributed by atoms with van der Waals surface area (Å²) in [6.07, 6.45) is 6.20. The van der Waals surface area contributed by atoms with Gasteiger partial charge in [0.1, 0.15) is 11.7 Å². The largest absolute Gasteiger partial charge is 0.439 e. The summed E-state index contributed by atoms with van der Waals surface area (Å²) in [5, 5.41) is 10.2. The summed E-state index contributed by atoms with van der Waals surface area (Å²) in [5.74, 6) is 0.155. The first-order valence-corrected chi connectivity index (χ1v) is 8.80. The van der Waals surface area contributed by atoms with Crippen LogP contribution in [-0.4, -0.2) is 0 Å². The fourth-order valence-electron chi connectivity index (χ4n) is 3.40. The van der Waals surface area contributed by atoms with Gasteiger partial charge in [-0.25, -0.2) is 4.79 Å². The number of benzene rings is 1. The highest BCUT2D eigenvalue weighted by molar-refractivity contribution is 5.85. The fourth-order valence-corrected chi connectivity index (χ4v) is 3.40. The van der Waals surface area contributed by atoms with Crippen LogP contribution >= 0.6 is 0 Å². The molecule has 1 aromatic carbocycles. The molecule has 0 unspecified atom stereocenters. The molecule has 0 bridgehead atoms. The number of allylic oxidation sites excluding steroid dienone is 1. The van der Waals surface area contributed by atoms with E-state index >= 15 is 0 Å². The molecule has 0 aliphatic carbocycles. The molecule has 0 spiro atoms. The number of fused-ring (bicyclic) bond motifs is 3. The fraction of sp³-hybridized carbons (Fsp3) is 0.400. The second-order valence-electron chi connectivity index (χ2n) is 6.38. The summed E-state index contributed by atoms with van der Waals surface area (Å²) < 4.78 is 11.1. The molecule has 130 valence electrons. The van der Waals surface area contributed by atoms with Crippen molar-refractivity contribution in [2.45, 2.75) is 51.4 Å². The quantitative estimate of drug-likeness (QED) is 0.625. The molecular weight excluding hydrogens is 316 g/mol. The molecule has 0 radical (unpaired) electrons. The van der Waals surface area contributed by atoms with Gasteiger partial charge in [-0.1, -0.05) is 51.2 Å². The Hall–Kier alpha value is -2.74. The van der Waals surface area contributed by atoms with Crippen molar-refractivity contribution in [3.63, 3.8) is 0 Å². The number of nitriles is 1. The highest BCUT2D eigenvalue weighted by Gasteiger charge is 2.33. The summed E-state index contributed by atoms with van der Waals surface area (Å²) in [7, 11) is 0. The average Bonchev–Trinajstić information content (AvgIpc) is 2.61. The van der Waals surface area contributed by atoms with Crippen LogP contribution in [0.15, 0.2) is 44.9 Å². The van der Waals surface area contributed by atoms with Gasteiger partial charge in [0.15, 0.2) is 5.75 Å². The molecule has 1 aliphatic rings. The van der Waals surface area contributed by atoms with E-state index in [1.165, 1.54) is 12.8 Å². The third-order valence-corrected chi connectivity index (χ3v) is 4.69. The summed E-state index contributed by atoms with van der Waals surface area (Å²) in [6.45, 7) is 2.17. The molecule has 5 heteroatoms. The van der Waals surface area contributed by atoms with Crippen molar-refractivity contribution in [3.8, 4) is 11.8 Å². The summed E-state index contributed by atoms with van der Waals surface area (Å²) in [4.78, 5) is 12.6. The molecule has 2 aromatic rings. The van der Waals surface area contributed by atoms with Gasteiger partial charge < -0.3 is 14.9 Å². The third-order valence-electron chi connectivity index (χ3n) is 4.69. The first kappa shape index (κ1) is 17.1. The number of hydrogen-bond acceptors (Lipinski definition) is 5. The van der Waals surface area contributed by atoms with E-state index in [2.05, 4.69) is 13.0 Å². The van der Waals surface area contributed by atoms with Crippen LogP contribution in [0.5, 0.6) is 5.75 Å². The summed E-state index contributed by atoms with van der Waals surface area (Å²) in [5.41, 5.74) is 6.74. The minimum absolute atomic E-state index is 0.0873. The van der Waals surface area contributed by atoms with Crippen LogP contribution in [-0.2, 0) is 0 Å². The van der Waals surface area contributed by atoms with Gasteiger partial charge in [-0.15, -0.1) is 0 Å². The van der Waals surface area contributed by atoms with Gasteiger partial charge in [-0.05, 0) is 18.6 Å². The monoisotopic (exact) mass is 338 g/mol. The van der Waals surface area contributed by atoms with Gasteiger partial charge >= 0.3 is 5.63 Å². The van der Waals surface area contributed by atoms with Crippen LogP contribution < -0.4 is 16.1 Å². The predicted octanol–water partition coefficient (Wildman–Crippen LogP) is 4.32. The highest BCUT2D eigenvalue weighted by Crippen LogP contribution is 2.42. The number of rotatable bonds is 6. The molecule has 1 aromatic heterocycles. The van der Waals surface area contributed by atoms with Crippen LogP contribution in [0.1, 0.15) is 56.9 Å². The number of hydrogen-bond donors (Lipinski definition) is 1. The molecule has 1 atom stereocenters. The average molecular weight is 338 g/mol. The van der Waals surface area contributed by atoms with Crippen LogP contribution in [0.2, 0.25) is 0 Å². The van der Waals surface area contributed by atoms with Gasteiger partial charge in [0.25, 0.3) is 0 Å². The van der Waals surface area contributed by atoms with E-state index < -0.39 is 5.63 Å². The van der Waals surface area contributed by atoms with Gasteiger partial charge in [-0.3, -0.25) is 0 Å². The lowest BCUT2D eigenvalue weighted by Gasteiger charge is -2.25. The topological polar surface area (TPSA) is 89.3 Å². The SMILES string of the molecule is CCCCCCC[C@H]1C(C#N)=C(N)Oc2c1c(=O)oc1ccccc21.